The molecule has 0 aliphatic carbocycles. The number of hydrogen-bond donors (Lipinski definition) is 1. The van der Waals surface area contributed by atoms with Gasteiger partial charge in [0.1, 0.15) is 18.8 Å². The van der Waals surface area contributed by atoms with E-state index in [4.69, 9.17) is 18.9 Å². The Labute approximate surface area is 142 Å². The summed E-state index contributed by atoms with van der Waals surface area (Å²) in [6.07, 6.45) is -2.23. The van der Waals surface area contributed by atoms with Crippen LogP contribution in [0.4, 0.5) is 0 Å². The summed E-state index contributed by atoms with van der Waals surface area (Å²) >= 11 is 0. The normalized spacial score (nSPS) is 29.9. The third-order valence-electron chi connectivity index (χ3n) is 3.58. The van der Waals surface area contributed by atoms with E-state index in [-0.39, 0.29) is 24.5 Å². The lowest BCUT2D eigenvalue weighted by Gasteiger charge is -2.45. The van der Waals surface area contributed by atoms with Crippen molar-refractivity contribution in [2.75, 3.05) is 6.61 Å². The van der Waals surface area contributed by atoms with Crippen molar-refractivity contribution in [3.8, 4) is 0 Å². The fourth-order valence-corrected chi connectivity index (χ4v) is 2.65. The number of ether oxygens (including phenoxy) is 4. The fourth-order valence-electron chi connectivity index (χ4n) is 2.65. The van der Waals surface area contributed by atoms with Crippen molar-refractivity contribution in [3.05, 3.63) is 0 Å². The maximum absolute atomic E-state index is 11.5. The second-order valence-electron chi connectivity index (χ2n) is 6.19. The van der Waals surface area contributed by atoms with Crippen LogP contribution >= 0.6 is 0 Å². The maximum atomic E-state index is 11.5. The minimum atomic E-state index is -0.740. The Morgan fingerprint density at radius 3 is 2.21 bits per heavy atom. The molecular weight excluding hydrogens is 318 g/mol. The van der Waals surface area contributed by atoms with Crippen molar-refractivity contribution < 1.29 is 33.3 Å². The number of rotatable bonds is 6. The molecule has 1 aliphatic rings. The Morgan fingerprint density at radius 1 is 1.12 bits per heavy atom. The van der Waals surface area contributed by atoms with Crippen molar-refractivity contribution in [1.82, 2.24) is 5.32 Å². The van der Waals surface area contributed by atoms with Gasteiger partial charge in [-0.15, -0.1) is 0 Å². The van der Waals surface area contributed by atoms with Crippen LogP contribution in [0.1, 0.15) is 41.5 Å². The van der Waals surface area contributed by atoms with E-state index in [1.165, 1.54) is 20.8 Å². The molecule has 1 fully saturated rings. The lowest BCUT2D eigenvalue weighted by Crippen LogP contribution is -2.62. The third-order valence-corrected chi connectivity index (χ3v) is 3.58. The Bertz CT molecular complexity index is 463. The van der Waals surface area contributed by atoms with Gasteiger partial charge in [-0.1, -0.05) is 6.92 Å². The molecule has 0 radical (unpaired) electrons. The Hall–Kier alpha value is -1.67. The van der Waals surface area contributed by atoms with Crippen molar-refractivity contribution in [2.45, 2.75) is 72.2 Å². The second kappa shape index (κ2) is 8.98. The highest BCUT2D eigenvalue weighted by molar-refractivity contribution is 5.73. The minimum Gasteiger partial charge on any atom is -0.463 e. The highest BCUT2D eigenvalue weighted by Crippen LogP contribution is 2.30. The third kappa shape index (κ3) is 6.09. The molecular formula is C16H27NO7. The van der Waals surface area contributed by atoms with E-state index in [1.807, 2.05) is 20.8 Å². The second-order valence-corrected chi connectivity index (χ2v) is 6.19. The number of nitrogens with one attached hydrogen (secondary N) is 1. The van der Waals surface area contributed by atoms with E-state index in [0.29, 0.717) is 0 Å². The molecule has 138 valence electrons. The zero-order valence-corrected chi connectivity index (χ0v) is 15.0. The smallest absolute Gasteiger partial charge is 0.303 e. The highest BCUT2D eigenvalue weighted by atomic mass is 16.7. The molecule has 1 N–H and O–H groups in total. The zero-order valence-electron chi connectivity index (χ0n) is 15.0. The van der Waals surface area contributed by atoms with Crippen LogP contribution in [0, 0.1) is 5.92 Å². The fraction of sp³-hybridized carbons (Fsp3) is 0.812. The topological polar surface area (TPSA) is 100 Å². The predicted octanol–water partition coefficient (Wildman–Crippen LogP) is 0.772. The van der Waals surface area contributed by atoms with E-state index in [0.717, 1.165) is 0 Å². The first-order valence-electron chi connectivity index (χ1n) is 8.00. The number of hydrogen-bond acceptors (Lipinski definition) is 7. The van der Waals surface area contributed by atoms with E-state index in [1.54, 1.807) is 0 Å². The first-order valence-corrected chi connectivity index (χ1v) is 8.00. The van der Waals surface area contributed by atoms with Crippen molar-refractivity contribution >= 4 is 17.8 Å². The number of esters is 2. The zero-order chi connectivity index (χ0) is 18.4. The monoisotopic (exact) mass is 345 g/mol. The van der Waals surface area contributed by atoms with Crippen LogP contribution in [0.2, 0.25) is 0 Å². The lowest BCUT2D eigenvalue weighted by atomic mass is 9.88. The van der Waals surface area contributed by atoms with Crippen LogP contribution in [0.25, 0.3) is 0 Å². The van der Waals surface area contributed by atoms with Gasteiger partial charge in [0.05, 0.1) is 12.1 Å². The summed E-state index contributed by atoms with van der Waals surface area (Å²) in [4.78, 5) is 34.0. The number of carbonyl (C=O) groups is 3. The van der Waals surface area contributed by atoms with E-state index in [9.17, 15) is 14.4 Å². The van der Waals surface area contributed by atoms with Crippen molar-refractivity contribution in [3.63, 3.8) is 0 Å². The molecule has 0 aromatic carbocycles. The van der Waals surface area contributed by atoms with Gasteiger partial charge in [-0.05, 0) is 13.8 Å². The standard InChI is InChI=1S/C16H27NO7/c1-8(2)22-16-14(17-10(4)18)9(3)15(23-12(6)20)13(24-16)7-21-11(5)19/h8-9,13-16H,7H2,1-6H3,(H,17,18)/t9-,13?,14?,15-,16-/m1/s1. The molecule has 0 bridgehead atoms. The molecule has 1 aliphatic heterocycles. The van der Waals surface area contributed by atoms with Crippen LogP contribution in [-0.4, -0.2) is 55.1 Å². The van der Waals surface area contributed by atoms with Gasteiger partial charge in [0.25, 0.3) is 0 Å². The highest BCUT2D eigenvalue weighted by Gasteiger charge is 2.47. The van der Waals surface area contributed by atoms with Crippen LogP contribution in [0.3, 0.4) is 0 Å². The Kier molecular flexibility index (Phi) is 7.62. The lowest BCUT2D eigenvalue weighted by molar-refractivity contribution is -0.271. The van der Waals surface area contributed by atoms with Crippen LogP contribution in [-0.2, 0) is 33.3 Å². The molecule has 0 saturated carbocycles. The van der Waals surface area contributed by atoms with Gasteiger partial charge >= 0.3 is 11.9 Å². The molecule has 0 aromatic rings. The molecule has 8 nitrogen and oxygen atoms in total. The average molecular weight is 345 g/mol. The van der Waals surface area contributed by atoms with E-state index >= 15 is 0 Å². The van der Waals surface area contributed by atoms with Crippen LogP contribution in [0.5, 0.6) is 0 Å². The molecule has 5 atom stereocenters. The summed E-state index contributed by atoms with van der Waals surface area (Å²) in [6, 6.07) is -0.497. The molecule has 1 amide bonds. The molecule has 0 spiro atoms. The Balaban J connectivity index is 3.02. The number of carbonyl (C=O) groups excluding carboxylic acids is 3. The predicted molar refractivity (Wildman–Crippen MR) is 83.8 cm³/mol. The van der Waals surface area contributed by atoms with E-state index < -0.39 is 36.5 Å². The summed E-state index contributed by atoms with van der Waals surface area (Å²) < 4.78 is 22.0. The molecule has 1 rings (SSSR count). The average Bonchev–Trinajstić information content (AvgIpc) is 2.42. The molecule has 1 saturated heterocycles. The van der Waals surface area contributed by atoms with Crippen molar-refractivity contribution in [2.24, 2.45) is 5.92 Å². The van der Waals surface area contributed by atoms with Gasteiger partial charge in [0.15, 0.2) is 6.29 Å². The molecule has 2 unspecified atom stereocenters. The molecule has 8 heteroatoms. The SMILES string of the molecule is CC(=O)NC1[C@H](OC(C)C)OC(COC(C)=O)[C@H](OC(C)=O)[C@@H]1C. The quantitative estimate of drug-likeness (QED) is 0.710. The molecule has 0 aromatic heterocycles. The van der Waals surface area contributed by atoms with Gasteiger partial charge < -0.3 is 24.3 Å². The summed E-state index contributed by atoms with van der Waals surface area (Å²) in [6.45, 7) is 9.42. The van der Waals surface area contributed by atoms with E-state index in [2.05, 4.69) is 5.32 Å². The largest absolute Gasteiger partial charge is 0.463 e. The molecule has 24 heavy (non-hydrogen) atoms. The summed E-state index contributed by atoms with van der Waals surface area (Å²) in [5.74, 6) is -1.48. The molecule has 1 heterocycles. The van der Waals surface area contributed by atoms with Gasteiger partial charge in [-0.25, -0.2) is 0 Å². The summed E-state index contributed by atoms with van der Waals surface area (Å²) in [7, 11) is 0. The van der Waals surface area contributed by atoms with Gasteiger partial charge in [0, 0.05) is 26.7 Å². The first kappa shape index (κ1) is 20.4. The minimum absolute atomic E-state index is 0.0671. The van der Waals surface area contributed by atoms with Crippen LogP contribution < -0.4 is 5.32 Å². The van der Waals surface area contributed by atoms with Gasteiger partial charge in [-0.3, -0.25) is 14.4 Å². The van der Waals surface area contributed by atoms with Crippen LogP contribution in [0.15, 0.2) is 0 Å². The maximum Gasteiger partial charge on any atom is 0.303 e. The Morgan fingerprint density at radius 2 is 1.75 bits per heavy atom. The number of amides is 1. The van der Waals surface area contributed by atoms with Crippen molar-refractivity contribution in [1.29, 1.82) is 0 Å². The van der Waals surface area contributed by atoms with Gasteiger partial charge in [-0.2, -0.15) is 0 Å². The summed E-state index contributed by atoms with van der Waals surface area (Å²) in [5.41, 5.74) is 0. The summed E-state index contributed by atoms with van der Waals surface area (Å²) in [5, 5.41) is 2.79. The van der Waals surface area contributed by atoms with Gasteiger partial charge in [0.2, 0.25) is 5.91 Å². The first-order chi connectivity index (χ1) is 11.1.